The van der Waals surface area contributed by atoms with Crippen LogP contribution in [0.5, 0.6) is 0 Å². The van der Waals surface area contributed by atoms with E-state index in [1.165, 1.54) is 10.9 Å². The average Bonchev–Trinajstić information content (AvgIpc) is 3.36. The van der Waals surface area contributed by atoms with Crippen molar-refractivity contribution < 1.29 is 4.39 Å². The summed E-state index contributed by atoms with van der Waals surface area (Å²) in [7, 11) is 1.95. The fourth-order valence-electron chi connectivity index (χ4n) is 2.90. The molecule has 0 amide bonds. The van der Waals surface area contributed by atoms with Gasteiger partial charge in [-0.25, -0.2) is 9.38 Å². The Bertz CT molecular complexity index is 968. The zero-order chi connectivity index (χ0) is 21.3. The molecule has 6 nitrogen and oxygen atoms in total. The molecule has 2 heterocycles. The van der Waals surface area contributed by atoms with Crippen LogP contribution in [0.3, 0.4) is 0 Å². The highest BCUT2D eigenvalue weighted by atomic mass is 32.2. The van der Waals surface area contributed by atoms with Crippen LogP contribution < -0.4 is 10.6 Å². The van der Waals surface area contributed by atoms with Crippen molar-refractivity contribution in [3.05, 3.63) is 69.2 Å². The Labute approximate surface area is 185 Å². The molecule has 0 unspecified atom stereocenters. The van der Waals surface area contributed by atoms with Gasteiger partial charge in [-0.1, -0.05) is 12.1 Å². The van der Waals surface area contributed by atoms with Crippen molar-refractivity contribution in [3.8, 4) is 0 Å². The van der Waals surface area contributed by atoms with E-state index in [1.807, 2.05) is 30.9 Å². The minimum absolute atomic E-state index is 0.211. The molecule has 2 aromatic heterocycles. The van der Waals surface area contributed by atoms with Crippen LogP contribution in [0.1, 0.15) is 27.7 Å². The van der Waals surface area contributed by atoms with Crippen LogP contribution in [0.4, 0.5) is 4.39 Å². The molecule has 9 heteroatoms. The summed E-state index contributed by atoms with van der Waals surface area (Å²) < 4.78 is 15.6. The number of hydrogen-bond donors (Lipinski definition) is 2. The molecule has 0 saturated heterocycles. The first kappa shape index (κ1) is 22.3. The summed E-state index contributed by atoms with van der Waals surface area (Å²) in [4.78, 5) is 6.07. The predicted molar refractivity (Wildman–Crippen MR) is 123 cm³/mol. The molecule has 0 atom stereocenters. The fraction of sp³-hybridized carbons (Fsp3) is 0.381. The average molecular weight is 447 g/mol. The Hall–Kier alpha value is -2.39. The maximum Gasteiger partial charge on any atom is 0.191 e. The monoisotopic (exact) mass is 446 g/mol. The van der Waals surface area contributed by atoms with Crippen LogP contribution in [0.15, 0.2) is 40.7 Å². The van der Waals surface area contributed by atoms with Crippen LogP contribution in [-0.4, -0.2) is 33.5 Å². The lowest BCUT2D eigenvalue weighted by Crippen LogP contribution is -2.38. The van der Waals surface area contributed by atoms with E-state index < -0.39 is 0 Å². The lowest BCUT2D eigenvalue weighted by molar-refractivity contribution is 0.625. The van der Waals surface area contributed by atoms with Gasteiger partial charge in [0.1, 0.15) is 11.6 Å². The Kier molecular flexibility index (Phi) is 8.27. The molecule has 30 heavy (non-hydrogen) atoms. The molecule has 0 aliphatic heterocycles. The third-order valence-electron chi connectivity index (χ3n) is 4.72. The Morgan fingerprint density at radius 2 is 2.10 bits per heavy atom. The lowest BCUT2D eigenvalue weighted by atomic mass is 10.1. The number of thiophene rings is 1. The molecule has 0 radical (unpaired) electrons. The van der Waals surface area contributed by atoms with Gasteiger partial charge < -0.3 is 15.2 Å². The number of halogens is 1. The molecule has 3 rings (SSSR count). The second-order valence-corrected chi connectivity index (χ2v) is 8.74. The van der Waals surface area contributed by atoms with E-state index in [9.17, 15) is 4.39 Å². The predicted octanol–water partition coefficient (Wildman–Crippen LogP) is 3.67. The molecule has 0 bridgehead atoms. The van der Waals surface area contributed by atoms with E-state index in [4.69, 9.17) is 4.99 Å². The number of aliphatic imine (C=N–C) groups is 1. The van der Waals surface area contributed by atoms with Gasteiger partial charge in [-0.2, -0.15) is 11.8 Å². The number of nitrogens with one attached hydrogen (secondary N) is 2. The van der Waals surface area contributed by atoms with Crippen LogP contribution >= 0.6 is 23.1 Å². The fourth-order valence-corrected chi connectivity index (χ4v) is 4.19. The first-order valence-electron chi connectivity index (χ1n) is 9.72. The zero-order valence-corrected chi connectivity index (χ0v) is 19.1. The summed E-state index contributed by atoms with van der Waals surface area (Å²) in [5, 5.41) is 17.1. The highest BCUT2D eigenvalue weighted by molar-refractivity contribution is 7.97. The first-order valence-corrected chi connectivity index (χ1v) is 12.0. The number of nitrogens with zero attached hydrogens (tertiary/aromatic N) is 4. The van der Waals surface area contributed by atoms with Gasteiger partial charge in [-0.15, -0.1) is 21.5 Å². The second-order valence-electron chi connectivity index (χ2n) is 6.84. The Morgan fingerprint density at radius 1 is 1.23 bits per heavy atom. The first-order chi connectivity index (χ1) is 14.6. The molecular formula is C21H27FN6S2. The Balaban J connectivity index is 1.69. The number of thioether (sulfide) groups is 1. The van der Waals surface area contributed by atoms with Gasteiger partial charge in [0, 0.05) is 24.2 Å². The van der Waals surface area contributed by atoms with E-state index in [2.05, 4.69) is 38.3 Å². The number of aromatic nitrogens is 3. The van der Waals surface area contributed by atoms with Crippen LogP contribution in [0.2, 0.25) is 0 Å². The van der Waals surface area contributed by atoms with Gasteiger partial charge in [-0.05, 0) is 54.3 Å². The summed E-state index contributed by atoms with van der Waals surface area (Å²) in [6, 6.07) is 9.10. The molecule has 3 aromatic rings. The molecular weight excluding hydrogens is 419 g/mol. The standard InChI is InChI=1S/C21H27FN6S2/c1-15-26-27-20(28(15)2)13-25-21(23-9-8-19-5-4-10-30-19)24-12-16-6-7-18(22)11-17(16)14-29-3/h4-7,10-11H,8-9,12-14H2,1-3H3,(H2,23,24,25). The summed E-state index contributed by atoms with van der Waals surface area (Å²) in [5.41, 5.74) is 2.01. The third kappa shape index (κ3) is 6.30. The maximum atomic E-state index is 13.6. The number of rotatable bonds is 9. The van der Waals surface area contributed by atoms with Crippen molar-refractivity contribution in [1.29, 1.82) is 0 Å². The molecule has 0 spiro atoms. The molecule has 0 saturated carbocycles. The van der Waals surface area contributed by atoms with Crippen LogP contribution in [0.25, 0.3) is 0 Å². The lowest BCUT2D eigenvalue weighted by Gasteiger charge is -2.13. The quantitative estimate of drug-likeness (QED) is 0.388. The van der Waals surface area contributed by atoms with E-state index in [0.717, 1.165) is 41.5 Å². The van der Waals surface area contributed by atoms with Crippen LogP contribution in [-0.2, 0) is 32.3 Å². The molecule has 0 aliphatic rings. The van der Waals surface area contributed by atoms with Gasteiger partial charge in [0.05, 0.1) is 13.1 Å². The van der Waals surface area contributed by atoms with Gasteiger partial charge in [0.2, 0.25) is 0 Å². The maximum absolute atomic E-state index is 13.6. The number of guanidine groups is 1. The number of hydrogen-bond acceptors (Lipinski definition) is 5. The zero-order valence-electron chi connectivity index (χ0n) is 17.5. The SMILES string of the molecule is CSCc1cc(F)ccc1CN=C(NCCc1cccs1)NCc1nnc(C)n1C. The summed E-state index contributed by atoms with van der Waals surface area (Å²) >= 11 is 3.42. The summed E-state index contributed by atoms with van der Waals surface area (Å²) in [6.07, 6.45) is 2.94. The smallest absolute Gasteiger partial charge is 0.191 e. The van der Waals surface area contributed by atoms with Crippen molar-refractivity contribution in [3.63, 3.8) is 0 Å². The summed E-state index contributed by atoms with van der Waals surface area (Å²) in [5.74, 6) is 2.95. The van der Waals surface area contributed by atoms with Gasteiger partial charge in [0.15, 0.2) is 11.8 Å². The number of benzene rings is 1. The summed E-state index contributed by atoms with van der Waals surface area (Å²) in [6.45, 7) is 3.68. The van der Waals surface area contributed by atoms with Gasteiger partial charge in [-0.3, -0.25) is 0 Å². The number of aryl methyl sites for hydroxylation is 1. The minimum atomic E-state index is -0.211. The van der Waals surface area contributed by atoms with Crippen LogP contribution in [0, 0.1) is 12.7 Å². The van der Waals surface area contributed by atoms with E-state index in [-0.39, 0.29) is 5.82 Å². The third-order valence-corrected chi connectivity index (χ3v) is 6.25. The van der Waals surface area contributed by atoms with Crippen molar-refractivity contribution in [1.82, 2.24) is 25.4 Å². The minimum Gasteiger partial charge on any atom is -0.356 e. The molecule has 160 valence electrons. The van der Waals surface area contributed by atoms with E-state index in [1.54, 1.807) is 29.2 Å². The van der Waals surface area contributed by atoms with Crippen molar-refractivity contribution in [2.45, 2.75) is 32.2 Å². The highest BCUT2D eigenvalue weighted by Gasteiger charge is 2.08. The normalized spacial score (nSPS) is 11.7. The van der Waals surface area contributed by atoms with Crippen molar-refractivity contribution in [2.24, 2.45) is 12.0 Å². The Morgan fingerprint density at radius 3 is 2.80 bits per heavy atom. The molecule has 0 fully saturated rings. The topological polar surface area (TPSA) is 67.1 Å². The molecule has 2 N–H and O–H groups in total. The van der Waals surface area contributed by atoms with Gasteiger partial charge >= 0.3 is 0 Å². The van der Waals surface area contributed by atoms with Gasteiger partial charge in [0.25, 0.3) is 0 Å². The highest BCUT2D eigenvalue weighted by Crippen LogP contribution is 2.17. The largest absolute Gasteiger partial charge is 0.356 e. The molecule has 1 aromatic carbocycles. The van der Waals surface area contributed by atoms with E-state index in [0.29, 0.717) is 19.0 Å². The van der Waals surface area contributed by atoms with Crippen molar-refractivity contribution >= 4 is 29.1 Å². The van der Waals surface area contributed by atoms with E-state index >= 15 is 0 Å². The van der Waals surface area contributed by atoms with Crippen molar-refractivity contribution in [2.75, 3.05) is 12.8 Å². The second kappa shape index (κ2) is 11.1. The molecule has 0 aliphatic carbocycles.